The number of nitrogens with one attached hydrogen (secondary N) is 1. The zero-order valence-electron chi connectivity index (χ0n) is 11.1. The highest BCUT2D eigenvalue weighted by molar-refractivity contribution is 5.45. The van der Waals surface area contributed by atoms with Crippen LogP contribution in [0.2, 0.25) is 0 Å². The molecule has 2 rings (SSSR count). The lowest BCUT2D eigenvalue weighted by Gasteiger charge is -2.20. The van der Waals surface area contributed by atoms with E-state index in [1.54, 1.807) is 6.07 Å². The average molecular weight is 250 g/mol. The first-order valence-electron chi connectivity index (χ1n) is 6.66. The van der Waals surface area contributed by atoms with Gasteiger partial charge in [0, 0.05) is 31.1 Å². The summed E-state index contributed by atoms with van der Waals surface area (Å²) in [5.74, 6) is 2.72. The first-order chi connectivity index (χ1) is 8.69. The molecule has 2 heterocycles. The SMILES string of the molecule is CCCc1nc(N)cc(NC(C)C2CCOC2)n1. The van der Waals surface area contributed by atoms with Crippen LogP contribution in [0.15, 0.2) is 6.07 Å². The maximum absolute atomic E-state index is 5.80. The predicted molar refractivity (Wildman–Crippen MR) is 72.5 cm³/mol. The molecule has 1 aromatic rings. The van der Waals surface area contributed by atoms with Gasteiger partial charge in [0.25, 0.3) is 0 Å². The normalized spacial score (nSPS) is 20.9. The van der Waals surface area contributed by atoms with Crippen LogP contribution < -0.4 is 11.1 Å². The molecule has 5 heteroatoms. The fourth-order valence-corrected chi connectivity index (χ4v) is 2.23. The van der Waals surface area contributed by atoms with E-state index in [0.29, 0.717) is 17.8 Å². The van der Waals surface area contributed by atoms with Crippen molar-refractivity contribution in [2.24, 2.45) is 5.92 Å². The van der Waals surface area contributed by atoms with E-state index in [4.69, 9.17) is 10.5 Å². The van der Waals surface area contributed by atoms with Crippen LogP contribution in [0, 0.1) is 5.92 Å². The highest BCUT2D eigenvalue weighted by Crippen LogP contribution is 2.20. The molecule has 18 heavy (non-hydrogen) atoms. The van der Waals surface area contributed by atoms with Crippen LogP contribution in [0.4, 0.5) is 11.6 Å². The van der Waals surface area contributed by atoms with Crippen LogP contribution in [-0.4, -0.2) is 29.2 Å². The molecule has 0 saturated carbocycles. The van der Waals surface area contributed by atoms with E-state index in [1.807, 2.05) is 0 Å². The monoisotopic (exact) mass is 250 g/mol. The smallest absolute Gasteiger partial charge is 0.133 e. The molecular formula is C13H22N4O. The van der Waals surface area contributed by atoms with Crippen molar-refractivity contribution < 1.29 is 4.74 Å². The number of aromatic nitrogens is 2. The van der Waals surface area contributed by atoms with Crippen molar-refractivity contribution in [2.45, 2.75) is 39.2 Å². The molecule has 0 spiro atoms. The fraction of sp³-hybridized carbons (Fsp3) is 0.692. The molecule has 100 valence electrons. The quantitative estimate of drug-likeness (QED) is 0.834. The summed E-state index contributed by atoms with van der Waals surface area (Å²) in [6.45, 7) is 5.97. The Bertz CT molecular complexity index is 391. The second-order valence-corrected chi connectivity index (χ2v) is 4.90. The van der Waals surface area contributed by atoms with Crippen molar-refractivity contribution >= 4 is 11.6 Å². The summed E-state index contributed by atoms with van der Waals surface area (Å²) in [5.41, 5.74) is 5.80. The van der Waals surface area contributed by atoms with Crippen LogP contribution in [-0.2, 0) is 11.2 Å². The van der Waals surface area contributed by atoms with E-state index in [9.17, 15) is 0 Å². The third-order valence-electron chi connectivity index (χ3n) is 3.31. The van der Waals surface area contributed by atoms with E-state index in [1.165, 1.54) is 0 Å². The molecule has 0 bridgehead atoms. The van der Waals surface area contributed by atoms with Gasteiger partial charge in [0.2, 0.25) is 0 Å². The van der Waals surface area contributed by atoms with Crippen molar-refractivity contribution in [1.29, 1.82) is 0 Å². The maximum atomic E-state index is 5.80. The second kappa shape index (κ2) is 6.00. The van der Waals surface area contributed by atoms with E-state index < -0.39 is 0 Å². The number of rotatable bonds is 5. The summed E-state index contributed by atoms with van der Waals surface area (Å²) in [4.78, 5) is 8.72. The average Bonchev–Trinajstić information content (AvgIpc) is 2.81. The summed E-state index contributed by atoms with van der Waals surface area (Å²) >= 11 is 0. The first kappa shape index (κ1) is 13.1. The van der Waals surface area contributed by atoms with Gasteiger partial charge in [0.15, 0.2) is 0 Å². The number of nitrogens with two attached hydrogens (primary N) is 1. The van der Waals surface area contributed by atoms with Crippen LogP contribution in [0.25, 0.3) is 0 Å². The zero-order valence-corrected chi connectivity index (χ0v) is 11.1. The standard InChI is InChI=1S/C13H22N4O/c1-3-4-12-16-11(14)7-13(17-12)15-9(2)10-5-6-18-8-10/h7,9-10H,3-6,8H2,1-2H3,(H3,14,15,16,17). The van der Waals surface area contributed by atoms with Crippen molar-refractivity contribution in [3.8, 4) is 0 Å². The van der Waals surface area contributed by atoms with E-state index in [-0.39, 0.29) is 0 Å². The second-order valence-electron chi connectivity index (χ2n) is 4.90. The molecule has 0 radical (unpaired) electrons. The van der Waals surface area contributed by atoms with Gasteiger partial charge < -0.3 is 15.8 Å². The van der Waals surface area contributed by atoms with Crippen LogP contribution in [0.1, 0.15) is 32.5 Å². The molecule has 3 N–H and O–H groups in total. The van der Waals surface area contributed by atoms with Gasteiger partial charge in [0.1, 0.15) is 17.5 Å². The molecule has 0 aromatic carbocycles. The number of anilines is 2. The number of nitrogens with zero attached hydrogens (tertiary/aromatic N) is 2. The minimum atomic E-state index is 0.344. The Morgan fingerprint density at radius 1 is 1.56 bits per heavy atom. The molecule has 1 aliphatic rings. The molecule has 1 fully saturated rings. The van der Waals surface area contributed by atoms with E-state index >= 15 is 0 Å². The van der Waals surface area contributed by atoms with Crippen LogP contribution in [0.5, 0.6) is 0 Å². The van der Waals surface area contributed by atoms with E-state index in [0.717, 1.165) is 44.1 Å². The molecule has 1 aliphatic heterocycles. The number of hydrogen-bond acceptors (Lipinski definition) is 5. The summed E-state index contributed by atoms with van der Waals surface area (Å²) in [5, 5.41) is 3.41. The molecule has 2 unspecified atom stereocenters. The Balaban J connectivity index is 2.03. The van der Waals surface area contributed by atoms with Gasteiger partial charge in [-0.3, -0.25) is 0 Å². The Morgan fingerprint density at radius 2 is 2.39 bits per heavy atom. The van der Waals surface area contributed by atoms with Gasteiger partial charge in [-0.1, -0.05) is 6.92 Å². The number of ether oxygens (including phenoxy) is 1. The summed E-state index contributed by atoms with van der Waals surface area (Å²) in [7, 11) is 0. The van der Waals surface area contributed by atoms with Gasteiger partial charge in [-0.2, -0.15) is 0 Å². The van der Waals surface area contributed by atoms with Crippen molar-refractivity contribution in [3.63, 3.8) is 0 Å². The topological polar surface area (TPSA) is 73.1 Å². The predicted octanol–water partition coefficient (Wildman–Crippen LogP) is 1.85. The van der Waals surface area contributed by atoms with Gasteiger partial charge in [-0.05, 0) is 19.8 Å². The minimum Gasteiger partial charge on any atom is -0.384 e. The van der Waals surface area contributed by atoms with E-state index in [2.05, 4.69) is 29.1 Å². The lowest BCUT2D eigenvalue weighted by Crippen LogP contribution is -2.26. The van der Waals surface area contributed by atoms with Crippen molar-refractivity contribution in [2.75, 3.05) is 24.3 Å². The van der Waals surface area contributed by atoms with Gasteiger partial charge in [-0.15, -0.1) is 0 Å². The molecule has 2 atom stereocenters. The van der Waals surface area contributed by atoms with Gasteiger partial charge in [0.05, 0.1) is 6.61 Å². The number of aryl methyl sites for hydroxylation is 1. The molecule has 1 saturated heterocycles. The fourth-order valence-electron chi connectivity index (χ4n) is 2.23. The number of hydrogen-bond donors (Lipinski definition) is 2. The molecular weight excluding hydrogens is 228 g/mol. The molecule has 0 amide bonds. The van der Waals surface area contributed by atoms with Crippen LogP contribution >= 0.6 is 0 Å². The molecule has 5 nitrogen and oxygen atoms in total. The Kier molecular flexibility index (Phi) is 4.36. The Morgan fingerprint density at radius 3 is 3.06 bits per heavy atom. The van der Waals surface area contributed by atoms with Gasteiger partial charge in [-0.25, -0.2) is 9.97 Å². The Labute approximate surface area is 108 Å². The lowest BCUT2D eigenvalue weighted by molar-refractivity contribution is 0.183. The minimum absolute atomic E-state index is 0.344. The third-order valence-corrected chi connectivity index (χ3v) is 3.31. The van der Waals surface area contributed by atoms with Crippen LogP contribution in [0.3, 0.4) is 0 Å². The van der Waals surface area contributed by atoms with Crippen molar-refractivity contribution in [3.05, 3.63) is 11.9 Å². The molecule has 1 aromatic heterocycles. The zero-order chi connectivity index (χ0) is 13.0. The third kappa shape index (κ3) is 3.32. The lowest BCUT2D eigenvalue weighted by atomic mass is 10.0. The largest absolute Gasteiger partial charge is 0.384 e. The first-order valence-corrected chi connectivity index (χ1v) is 6.66. The highest BCUT2D eigenvalue weighted by Gasteiger charge is 2.22. The maximum Gasteiger partial charge on any atom is 0.133 e. The summed E-state index contributed by atoms with van der Waals surface area (Å²) < 4.78 is 5.40. The molecule has 0 aliphatic carbocycles. The highest BCUT2D eigenvalue weighted by atomic mass is 16.5. The van der Waals surface area contributed by atoms with Crippen molar-refractivity contribution in [1.82, 2.24) is 9.97 Å². The van der Waals surface area contributed by atoms with Gasteiger partial charge >= 0.3 is 0 Å². The number of nitrogen functional groups attached to an aromatic ring is 1. The summed E-state index contributed by atoms with van der Waals surface area (Å²) in [6.07, 6.45) is 2.99. The summed E-state index contributed by atoms with van der Waals surface area (Å²) in [6, 6.07) is 2.14. The Hall–Kier alpha value is -1.36.